The molecule has 1 aromatic rings. The van der Waals surface area contributed by atoms with E-state index < -0.39 is 10.1 Å². The van der Waals surface area contributed by atoms with E-state index in [2.05, 4.69) is 6.92 Å². The highest BCUT2D eigenvalue weighted by atomic mass is 32.2. The van der Waals surface area contributed by atoms with Crippen molar-refractivity contribution in [3.63, 3.8) is 0 Å². The Morgan fingerprint density at radius 2 is 1.81 bits per heavy atom. The first-order valence-corrected chi connectivity index (χ1v) is 11.2. The summed E-state index contributed by atoms with van der Waals surface area (Å²) < 4.78 is 28.3. The minimum Gasteiger partial charge on any atom is -0.382 e. The number of hydrogen-bond acceptors (Lipinski definition) is 4. The van der Waals surface area contributed by atoms with Gasteiger partial charge in [-0.05, 0) is 44.9 Å². The van der Waals surface area contributed by atoms with Crippen LogP contribution in [0.1, 0.15) is 71.8 Å². The molecule has 6 heteroatoms. The zero-order valence-electron chi connectivity index (χ0n) is 16.5. The van der Waals surface area contributed by atoms with E-state index in [1.165, 1.54) is 19.3 Å². The number of unbranched alkanes of at least 4 members (excludes halogenated alkanes) is 4. The third kappa shape index (κ3) is 8.21. The highest BCUT2D eigenvalue weighted by Gasteiger charge is 2.17. The minimum absolute atomic E-state index is 0.0775. The Hall–Kier alpha value is -1.56. The Kier molecular flexibility index (Phi) is 9.70. The molecule has 0 N–H and O–H groups in total. The normalized spacial score (nSPS) is 11.6. The molecule has 0 radical (unpaired) electrons. The van der Waals surface area contributed by atoms with E-state index in [1.807, 2.05) is 24.8 Å². The van der Waals surface area contributed by atoms with Gasteiger partial charge in [-0.25, -0.2) is 0 Å². The second kappa shape index (κ2) is 11.2. The number of hydrogen-bond donors (Lipinski definition) is 0. The van der Waals surface area contributed by atoms with Crippen molar-refractivity contribution >= 4 is 16.0 Å². The zero-order chi connectivity index (χ0) is 19.6. The predicted molar refractivity (Wildman–Crippen MR) is 106 cm³/mol. The third-order valence-electron chi connectivity index (χ3n) is 4.27. The van der Waals surface area contributed by atoms with E-state index >= 15 is 0 Å². The molecule has 0 aliphatic carbocycles. The lowest BCUT2D eigenvalue weighted by Crippen LogP contribution is -2.36. The first-order valence-electron chi connectivity index (χ1n) is 9.59. The van der Waals surface area contributed by atoms with E-state index in [-0.39, 0.29) is 17.7 Å². The summed E-state index contributed by atoms with van der Waals surface area (Å²) >= 11 is 0. The second-order valence-corrected chi connectivity index (χ2v) is 8.72. The van der Waals surface area contributed by atoms with Crippen molar-refractivity contribution in [3.05, 3.63) is 29.8 Å². The molecule has 148 valence electrons. The standard InChI is InChI=1S/C20H33NO4S/c1-5-7-8-9-10-14-20(22)21(17(3)4)16-18-12-11-13-19(15-18)25-26(23,24)6-2/h11-13,15,17H,5-10,14,16H2,1-4H3. The van der Waals surface area contributed by atoms with Crippen LogP contribution in [0.3, 0.4) is 0 Å². The van der Waals surface area contributed by atoms with Gasteiger partial charge in [-0.1, -0.05) is 44.7 Å². The lowest BCUT2D eigenvalue weighted by atomic mass is 10.1. The topological polar surface area (TPSA) is 63.7 Å². The number of carbonyl (C=O) groups is 1. The van der Waals surface area contributed by atoms with Crippen LogP contribution in [0.15, 0.2) is 24.3 Å². The molecule has 1 amide bonds. The molecule has 0 spiro atoms. The average Bonchev–Trinajstić information content (AvgIpc) is 2.59. The third-order valence-corrected chi connectivity index (χ3v) is 5.42. The molecule has 5 nitrogen and oxygen atoms in total. The molecule has 0 unspecified atom stereocenters. The highest BCUT2D eigenvalue weighted by Crippen LogP contribution is 2.19. The quantitative estimate of drug-likeness (QED) is 0.393. The summed E-state index contributed by atoms with van der Waals surface area (Å²) in [5.74, 6) is 0.357. The summed E-state index contributed by atoms with van der Waals surface area (Å²) in [4.78, 5) is 14.4. The van der Waals surface area contributed by atoms with Crippen molar-refractivity contribution in [2.45, 2.75) is 78.8 Å². The van der Waals surface area contributed by atoms with Crippen molar-refractivity contribution in [2.24, 2.45) is 0 Å². The Balaban J connectivity index is 2.70. The van der Waals surface area contributed by atoms with E-state index in [1.54, 1.807) is 25.1 Å². The zero-order valence-corrected chi connectivity index (χ0v) is 17.3. The van der Waals surface area contributed by atoms with Crippen molar-refractivity contribution in [2.75, 3.05) is 5.75 Å². The molecular weight excluding hydrogens is 350 g/mol. The maximum absolute atomic E-state index is 12.6. The van der Waals surface area contributed by atoms with Crippen LogP contribution in [0.2, 0.25) is 0 Å². The first kappa shape index (κ1) is 22.5. The Morgan fingerprint density at radius 1 is 1.12 bits per heavy atom. The van der Waals surface area contributed by atoms with Crippen molar-refractivity contribution in [1.82, 2.24) is 4.90 Å². The molecule has 0 saturated carbocycles. The number of carbonyl (C=O) groups excluding carboxylic acids is 1. The van der Waals surface area contributed by atoms with Gasteiger partial charge < -0.3 is 9.08 Å². The van der Waals surface area contributed by atoms with Crippen LogP contribution in [-0.2, 0) is 21.5 Å². The molecule has 0 aliphatic heterocycles. The van der Waals surface area contributed by atoms with Gasteiger partial charge >= 0.3 is 10.1 Å². The lowest BCUT2D eigenvalue weighted by molar-refractivity contribution is -0.133. The largest absolute Gasteiger partial charge is 0.382 e. The fourth-order valence-electron chi connectivity index (χ4n) is 2.68. The van der Waals surface area contributed by atoms with E-state index in [0.29, 0.717) is 18.7 Å². The van der Waals surface area contributed by atoms with Crippen molar-refractivity contribution < 1.29 is 17.4 Å². The predicted octanol–water partition coefficient (Wildman–Crippen LogP) is 4.51. The molecule has 1 aromatic carbocycles. The smallest absolute Gasteiger partial charge is 0.308 e. The SMILES string of the molecule is CCCCCCCC(=O)N(Cc1cccc(OS(=O)(=O)CC)c1)C(C)C. The van der Waals surface area contributed by atoms with Crippen LogP contribution in [0.4, 0.5) is 0 Å². The lowest BCUT2D eigenvalue weighted by Gasteiger charge is -2.27. The Labute approximate surface area is 158 Å². The molecule has 0 fully saturated rings. The molecule has 0 aromatic heterocycles. The van der Waals surface area contributed by atoms with Gasteiger partial charge in [0.25, 0.3) is 0 Å². The van der Waals surface area contributed by atoms with Gasteiger partial charge in [-0.15, -0.1) is 0 Å². The van der Waals surface area contributed by atoms with Gasteiger partial charge in [0.1, 0.15) is 5.75 Å². The fraction of sp³-hybridized carbons (Fsp3) is 0.650. The molecule has 0 bridgehead atoms. The van der Waals surface area contributed by atoms with Crippen LogP contribution < -0.4 is 4.18 Å². The van der Waals surface area contributed by atoms with Gasteiger partial charge in [-0.3, -0.25) is 4.79 Å². The van der Waals surface area contributed by atoms with Crippen molar-refractivity contribution in [3.8, 4) is 5.75 Å². The van der Waals surface area contributed by atoms with Crippen LogP contribution in [0, 0.1) is 0 Å². The van der Waals surface area contributed by atoms with Gasteiger partial charge in [-0.2, -0.15) is 8.42 Å². The van der Waals surface area contributed by atoms with Gasteiger partial charge in [0.2, 0.25) is 5.91 Å². The van der Waals surface area contributed by atoms with Gasteiger partial charge in [0, 0.05) is 19.0 Å². The summed E-state index contributed by atoms with van der Waals surface area (Å²) in [6.45, 7) is 8.16. The van der Waals surface area contributed by atoms with Crippen LogP contribution in [0.5, 0.6) is 5.75 Å². The van der Waals surface area contributed by atoms with Crippen molar-refractivity contribution in [1.29, 1.82) is 0 Å². The Bertz CT molecular complexity index is 656. The van der Waals surface area contributed by atoms with Crippen LogP contribution in [-0.4, -0.2) is 31.0 Å². The maximum atomic E-state index is 12.6. The summed E-state index contributed by atoms with van der Waals surface area (Å²) in [6, 6.07) is 7.03. The number of amides is 1. The van der Waals surface area contributed by atoms with Crippen LogP contribution in [0.25, 0.3) is 0 Å². The van der Waals surface area contributed by atoms with E-state index in [4.69, 9.17) is 4.18 Å². The van der Waals surface area contributed by atoms with E-state index in [0.717, 1.165) is 18.4 Å². The van der Waals surface area contributed by atoms with Gasteiger partial charge in [0.15, 0.2) is 0 Å². The fourth-order valence-corrected chi connectivity index (χ4v) is 3.19. The van der Waals surface area contributed by atoms with Crippen LogP contribution >= 0.6 is 0 Å². The molecule has 0 heterocycles. The highest BCUT2D eigenvalue weighted by molar-refractivity contribution is 7.87. The molecular formula is C20H33NO4S. The molecule has 0 saturated heterocycles. The average molecular weight is 384 g/mol. The number of rotatable bonds is 12. The maximum Gasteiger partial charge on any atom is 0.308 e. The summed E-state index contributed by atoms with van der Waals surface area (Å²) in [7, 11) is -3.55. The van der Waals surface area contributed by atoms with Gasteiger partial charge in [0.05, 0.1) is 5.75 Å². The Morgan fingerprint density at radius 3 is 2.42 bits per heavy atom. The number of nitrogens with zero attached hydrogens (tertiary/aromatic N) is 1. The molecule has 0 aliphatic rings. The number of benzene rings is 1. The minimum atomic E-state index is -3.55. The summed E-state index contributed by atoms with van der Waals surface area (Å²) in [5, 5.41) is 0. The molecule has 1 rings (SSSR count). The first-order chi connectivity index (χ1) is 12.3. The second-order valence-electron chi connectivity index (χ2n) is 6.86. The molecule has 26 heavy (non-hydrogen) atoms. The van der Waals surface area contributed by atoms with E-state index in [9.17, 15) is 13.2 Å². The summed E-state index contributed by atoms with van der Waals surface area (Å²) in [6.07, 6.45) is 6.15. The molecule has 0 atom stereocenters. The monoisotopic (exact) mass is 383 g/mol. The summed E-state index contributed by atoms with van der Waals surface area (Å²) in [5.41, 5.74) is 0.863.